The number of aliphatic hydroxyl groups is 1. The zero-order valence-corrected chi connectivity index (χ0v) is 13.0. The number of carboxylic acids is 1. The van der Waals surface area contributed by atoms with Crippen LogP contribution in [0.4, 0.5) is 4.39 Å². The van der Waals surface area contributed by atoms with E-state index in [-0.39, 0.29) is 44.8 Å². The van der Waals surface area contributed by atoms with Crippen molar-refractivity contribution >= 4 is 17.8 Å². The quantitative estimate of drug-likeness (QED) is 0.696. The van der Waals surface area contributed by atoms with Crippen LogP contribution in [0.15, 0.2) is 24.3 Å². The molecule has 2 amide bonds. The number of halogens is 1. The molecule has 2 rings (SSSR count). The number of carbonyl (C=O) groups is 3. The molecule has 0 aromatic heterocycles. The summed E-state index contributed by atoms with van der Waals surface area (Å²) in [4.78, 5) is 36.1. The van der Waals surface area contributed by atoms with Gasteiger partial charge >= 0.3 is 5.97 Å². The van der Waals surface area contributed by atoms with E-state index in [4.69, 9.17) is 5.11 Å². The summed E-state index contributed by atoms with van der Waals surface area (Å²) in [5.41, 5.74) is -1.29. The van der Waals surface area contributed by atoms with E-state index < -0.39 is 23.3 Å². The number of nitrogens with one attached hydrogen (secondary N) is 1. The third-order valence-corrected chi connectivity index (χ3v) is 4.03. The second-order valence-electron chi connectivity index (χ2n) is 5.80. The second kappa shape index (κ2) is 7.39. The minimum atomic E-state index is -1.79. The smallest absolute Gasteiger partial charge is 0.335 e. The SMILES string of the molecule is O=C(Cc1cccc(F)c1)NCC(=O)N1CCC(O)(C(=O)O)CC1. The van der Waals surface area contributed by atoms with Crippen molar-refractivity contribution in [2.24, 2.45) is 0 Å². The van der Waals surface area contributed by atoms with Gasteiger partial charge in [-0.2, -0.15) is 0 Å². The fraction of sp³-hybridized carbons (Fsp3) is 0.438. The second-order valence-corrected chi connectivity index (χ2v) is 5.80. The van der Waals surface area contributed by atoms with E-state index in [0.717, 1.165) is 0 Å². The van der Waals surface area contributed by atoms with E-state index in [1.807, 2.05) is 0 Å². The standard InChI is InChI=1S/C16H19FN2O5/c17-12-3-1-2-11(8-12)9-13(20)18-10-14(21)19-6-4-16(24,5-7-19)15(22)23/h1-3,8,24H,4-7,9-10H2,(H,18,20)(H,22,23). The minimum absolute atomic E-state index is 0.0379. The Labute approximate surface area is 138 Å². The van der Waals surface area contributed by atoms with Crippen molar-refractivity contribution in [2.45, 2.75) is 24.9 Å². The van der Waals surface area contributed by atoms with Gasteiger partial charge in [0, 0.05) is 25.9 Å². The van der Waals surface area contributed by atoms with Crippen LogP contribution >= 0.6 is 0 Å². The van der Waals surface area contributed by atoms with Crippen molar-refractivity contribution < 1.29 is 29.0 Å². The molecule has 0 saturated carbocycles. The Kier molecular flexibility index (Phi) is 5.50. The molecule has 3 N–H and O–H groups in total. The van der Waals surface area contributed by atoms with Crippen molar-refractivity contribution in [1.29, 1.82) is 0 Å². The van der Waals surface area contributed by atoms with Gasteiger partial charge in [0.05, 0.1) is 13.0 Å². The first-order chi connectivity index (χ1) is 11.3. The Hall–Kier alpha value is -2.48. The predicted molar refractivity (Wildman–Crippen MR) is 81.5 cm³/mol. The number of piperidine rings is 1. The minimum Gasteiger partial charge on any atom is -0.479 e. The summed E-state index contributed by atoms with van der Waals surface area (Å²) in [7, 11) is 0. The summed E-state index contributed by atoms with van der Waals surface area (Å²) < 4.78 is 13.0. The highest BCUT2D eigenvalue weighted by Crippen LogP contribution is 2.22. The molecule has 0 bridgehead atoms. The fourth-order valence-corrected chi connectivity index (χ4v) is 2.52. The molecule has 24 heavy (non-hydrogen) atoms. The Balaban J connectivity index is 1.77. The van der Waals surface area contributed by atoms with Gasteiger partial charge in [0.2, 0.25) is 11.8 Å². The van der Waals surface area contributed by atoms with Gasteiger partial charge in [0.15, 0.2) is 5.60 Å². The zero-order valence-electron chi connectivity index (χ0n) is 13.0. The summed E-state index contributed by atoms with van der Waals surface area (Å²) in [6.45, 7) is 0.00243. The van der Waals surface area contributed by atoms with Gasteiger partial charge in [0.25, 0.3) is 0 Å². The van der Waals surface area contributed by atoms with Gasteiger partial charge in [-0.1, -0.05) is 12.1 Å². The molecule has 0 unspecified atom stereocenters. The fourth-order valence-electron chi connectivity index (χ4n) is 2.52. The summed E-state index contributed by atoms with van der Waals surface area (Å²) >= 11 is 0. The molecule has 1 aromatic carbocycles. The van der Waals surface area contributed by atoms with Crippen LogP contribution in [-0.4, -0.2) is 58.1 Å². The predicted octanol–water partition coefficient (Wildman–Crippen LogP) is -0.0775. The van der Waals surface area contributed by atoms with Crippen LogP contribution in [0.25, 0.3) is 0 Å². The molecule has 130 valence electrons. The maximum absolute atomic E-state index is 13.0. The van der Waals surface area contributed by atoms with E-state index in [9.17, 15) is 23.9 Å². The number of carboxylic acid groups (broad SMARTS) is 1. The topological polar surface area (TPSA) is 107 Å². The van der Waals surface area contributed by atoms with E-state index in [1.165, 1.54) is 23.1 Å². The number of hydrogen-bond donors (Lipinski definition) is 3. The Morgan fingerprint density at radius 1 is 1.25 bits per heavy atom. The van der Waals surface area contributed by atoms with Crippen molar-refractivity contribution in [3.05, 3.63) is 35.6 Å². The van der Waals surface area contributed by atoms with Crippen molar-refractivity contribution in [3.8, 4) is 0 Å². The van der Waals surface area contributed by atoms with Crippen LogP contribution in [0.2, 0.25) is 0 Å². The lowest BCUT2D eigenvalue weighted by Crippen LogP contribution is -2.52. The number of hydrogen-bond acceptors (Lipinski definition) is 4. The third kappa shape index (κ3) is 4.51. The molecule has 8 heteroatoms. The van der Waals surface area contributed by atoms with Crippen molar-refractivity contribution in [1.82, 2.24) is 10.2 Å². The van der Waals surface area contributed by atoms with E-state index >= 15 is 0 Å². The first-order valence-electron chi connectivity index (χ1n) is 7.55. The Bertz CT molecular complexity index is 641. The van der Waals surface area contributed by atoms with Crippen LogP contribution in [0, 0.1) is 5.82 Å². The molecular formula is C16H19FN2O5. The first-order valence-corrected chi connectivity index (χ1v) is 7.55. The number of carbonyl (C=O) groups excluding carboxylic acids is 2. The lowest BCUT2D eigenvalue weighted by molar-refractivity contribution is -0.165. The average molecular weight is 338 g/mol. The largest absolute Gasteiger partial charge is 0.479 e. The number of nitrogens with zero attached hydrogens (tertiary/aromatic N) is 1. The highest BCUT2D eigenvalue weighted by molar-refractivity contribution is 5.86. The van der Waals surface area contributed by atoms with E-state index in [1.54, 1.807) is 6.07 Å². The lowest BCUT2D eigenvalue weighted by atomic mass is 9.91. The maximum Gasteiger partial charge on any atom is 0.335 e. The summed E-state index contributed by atoms with van der Waals surface area (Å²) in [5.74, 6) is -2.49. The average Bonchev–Trinajstić information content (AvgIpc) is 2.53. The van der Waals surface area contributed by atoms with Gasteiger partial charge in [-0.25, -0.2) is 9.18 Å². The Morgan fingerprint density at radius 3 is 2.50 bits per heavy atom. The molecule has 0 atom stereocenters. The first kappa shape index (κ1) is 17.9. The van der Waals surface area contributed by atoms with Gasteiger partial charge in [-0.3, -0.25) is 9.59 Å². The summed E-state index contributed by atoms with van der Waals surface area (Å²) in [6, 6.07) is 5.64. The van der Waals surface area contributed by atoms with Crippen LogP contribution in [0.5, 0.6) is 0 Å². The van der Waals surface area contributed by atoms with Gasteiger partial charge in [-0.15, -0.1) is 0 Å². The molecule has 1 heterocycles. The molecule has 1 aliphatic heterocycles. The molecule has 1 fully saturated rings. The monoisotopic (exact) mass is 338 g/mol. The Morgan fingerprint density at radius 2 is 1.92 bits per heavy atom. The van der Waals surface area contributed by atoms with Crippen molar-refractivity contribution in [3.63, 3.8) is 0 Å². The molecule has 7 nitrogen and oxygen atoms in total. The van der Waals surface area contributed by atoms with Crippen molar-refractivity contribution in [2.75, 3.05) is 19.6 Å². The highest BCUT2D eigenvalue weighted by Gasteiger charge is 2.40. The van der Waals surface area contributed by atoms with E-state index in [0.29, 0.717) is 5.56 Å². The van der Waals surface area contributed by atoms with Gasteiger partial charge in [0.1, 0.15) is 5.82 Å². The van der Waals surface area contributed by atoms with Crippen LogP contribution in [0.1, 0.15) is 18.4 Å². The molecule has 0 aliphatic carbocycles. The number of benzene rings is 1. The van der Waals surface area contributed by atoms with Gasteiger partial charge in [-0.05, 0) is 17.7 Å². The number of aliphatic carboxylic acids is 1. The number of rotatable bonds is 5. The molecule has 1 aliphatic rings. The molecule has 0 radical (unpaired) electrons. The van der Waals surface area contributed by atoms with Crippen LogP contribution in [0.3, 0.4) is 0 Å². The molecular weight excluding hydrogens is 319 g/mol. The summed E-state index contributed by atoms with van der Waals surface area (Å²) in [5, 5.41) is 21.2. The molecule has 1 aromatic rings. The molecule has 0 spiro atoms. The summed E-state index contributed by atoms with van der Waals surface area (Å²) in [6.07, 6.45) is -0.138. The normalized spacial score (nSPS) is 16.5. The third-order valence-electron chi connectivity index (χ3n) is 4.03. The number of amides is 2. The van der Waals surface area contributed by atoms with E-state index in [2.05, 4.69) is 5.32 Å². The lowest BCUT2D eigenvalue weighted by Gasteiger charge is -2.35. The highest BCUT2D eigenvalue weighted by atomic mass is 19.1. The van der Waals surface area contributed by atoms with Gasteiger partial charge < -0.3 is 20.4 Å². The zero-order chi connectivity index (χ0) is 17.7. The van der Waals surface area contributed by atoms with Crippen LogP contribution < -0.4 is 5.32 Å². The number of likely N-dealkylation sites (tertiary alicyclic amines) is 1. The molecule has 1 saturated heterocycles. The maximum atomic E-state index is 13.0. The van der Waals surface area contributed by atoms with Crippen LogP contribution in [-0.2, 0) is 20.8 Å².